The molecule has 9 heteroatoms. The largest absolute Gasteiger partial charge is 0.340 e. The molecule has 0 aliphatic carbocycles. The number of carbonyl (C=O) groups excluding carboxylic acids is 1. The number of hydrogen-bond acceptors (Lipinski definition) is 4. The molecule has 0 saturated carbocycles. The predicted octanol–water partition coefficient (Wildman–Crippen LogP) is 6.46. The first kappa shape index (κ1) is 23.4. The summed E-state index contributed by atoms with van der Waals surface area (Å²) in [5.41, 5.74) is 3.94. The molecule has 0 fully saturated rings. The van der Waals surface area contributed by atoms with Crippen LogP contribution in [0, 0.1) is 18.2 Å². The molecular weight excluding hydrogens is 509 g/mol. The van der Waals surface area contributed by atoms with Crippen LogP contribution < -0.4 is 0 Å². The molecule has 37 heavy (non-hydrogen) atoms. The summed E-state index contributed by atoms with van der Waals surface area (Å²) in [6.45, 7) is 2.27. The van der Waals surface area contributed by atoms with Gasteiger partial charge in [-0.1, -0.05) is 66.2 Å². The summed E-state index contributed by atoms with van der Waals surface area (Å²) in [5.74, 6) is -0.844. The smallest absolute Gasteiger partial charge is 0.283 e. The van der Waals surface area contributed by atoms with Crippen molar-refractivity contribution < 1.29 is 9.18 Å². The summed E-state index contributed by atoms with van der Waals surface area (Å²) >= 11 is 7.54. The lowest BCUT2D eigenvalue weighted by molar-refractivity contribution is -0.114. The van der Waals surface area contributed by atoms with Crippen LogP contribution >= 0.6 is 23.4 Å². The Morgan fingerprint density at radius 3 is 2.59 bits per heavy atom. The SMILES string of the molecule is Cc1c(/C=C2/C(=N)N3N=C(c4ccccc4Cl)SC3=NC2=O)c2ccccc2n1Cc1ccccc1F. The van der Waals surface area contributed by atoms with Crippen molar-refractivity contribution in [2.75, 3.05) is 0 Å². The summed E-state index contributed by atoms with van der Waals surface area (Å²) < 4.78 is 16.5. The van der Waals surface area contributed by atoms with Crippen LogP contribution in [-0.2, 0) is 11.3 Å². The zero-order chi connectivity index (χ0) is 25.7. The topological polar surface area (TPSA) is 73.8 Å². The van der Waals surface area contributed by atoms with Gasteiger partial charge in [-0.25, -0.2) is 4.39 Å². The molecule has 2 aliphatic rings. The number of thioether (sulfide) groups is 1. The molecule has 0 radical (unpaired) electrons. The number of fused-ring (bicyclic) bond motifs is 2. The summed E-state index contributed by atoms with van der Waals surface area (Å²) in [6, 6.07) is 21.7. The number of para-hydroxylation sites is 1. The quantitative estimate of drug-likeness (QED) is 0.310. The molecule has 3 heterocycles. The van der Waals surface area contributed by atoms with Gasteiger partial charge in [-0.3, -0.25) is 10.2 Å². The first-order valence-corrected chi connectivity index (χ1v) is 12.7. The molecule has 0 bridgehead atoms. The van der Waals surface area contributed by atoms with Gasteiger partial charge in [0.1, 0.15) is 10.9 Å². The first-order chi connectivity index (χ1) is 17.9. The molecule has 0 atom stereocenters. The van der Waals surface area contributed by atoms with Crippen LogP contribution in [0.25, 0.3) is 17.0 Å². The van der Waals surface area contributed by atoms with Gasteiger partial charge in [-0.15, -0.1) is 0 Å². The molecule has 0 saturated heterocycles. The van der Waals surface area contributed by atoms with Crippen molar-refractivity contribution in [3.8, 4) is 0 Å². The number of amides is 1. The van der Waals surface area contributed by atoms with E-state index in [2.05, 4.69) is 10.1 Å². The number of halogens is 2. The van der Waals surface area contributed by atoms with E-state index in [4.69, 9.17) is 17.0 Å². The lowest BCUT2D eigenvalue weighted by Gasteiger charge is -2.20. The summed E-state index contributed by atoms with van der Waals surface area (Å²) in [7, 11) is 0. The van der Waals surface area contributed by atoms with Crippen molar-refractivity contribution in [1.29, 1.82) is 5.41 Å². The number of rotatable bonds is 4. The fourth-order valence-electron chi connectivity index (χ4n) is 4.52. The van der Waals surface area contributed by atoms with Crippen molar-refractivity contribution in [2.45, 2.75) is 13.5 Å². The standard InChI is InChI=1S/C28H19ClFN5OS/c1-16-20(18-9-4-7-13-24(18)34(16)15-17-8-2-6-12-23(17)30)14-21-25(31)35-28(32-26(21)36)37-27(33-35)19-10-3-5-11-22(19)29/h2-14,31H,15H2,1H3/b21-14-,31-25?. The molecule has 0 spiro atoms. The Bertz CT molecular complexity index is 1720. The highest BCUT2D eigenvalue weighted by Gasteiger charge is 2.36. The number of hydrazone groups is 1. The van der Waals surface area contributed by atoms with Gasteiger partial charge in [0.2, 0.25) is 5.17 Å². The zero-order valence-electron chi connectivity index (χ0n) is 19.6. The van der Waals surface area contributed by atoms with E-state index in [1.165, 1.54) is 22.8 Å². The Morgan fingerprint density at radius 2 is 1.78 bits per heavy atom. The maximum atomic E-state index is 14.5. The monoisotopic (exact) mass is 527 g/mol. The Balaban J connectivity index is 1.42. The average Bonchev–Trinajstić information content (AvgIpc) is 3.43. The summed E-state index contributed by atoms with van der Waals surface area (Å²) in [6.07, 6.45) is 1.69. The van der Waals surface area contributed by atoms with Crippen LogP contribution in [-0.4, -0.2) is 31.5 Å². The third-order valence-corrected chi connectivity index (χ3v) is 7.68. The minimum absolute atomic E-state index is 0.0603. The van der Waals surface area contributed by atoms with Crippen molar-refractivity contribution in [2.24, 2.45) is 10.1 Å². The number of amidine groups is 2. The Labute approximate surface area is 221 Å². The lowest BCUT2D eigenvalue weighted by Crippen LogP contribution is -2.35. The van der Waals surface area contributed by atoms with Crippen molar-refractivity contribution >= 4 is 62.3 Å². The summed E-state index contributed by atoms with van der Waals surface area (Å²) in [5, 5.41) is 17.0. The number of aliphatic imine (C=N–C) groups is 1. The van der Waals surface area contributed by atoms with Gasteiger partial charge in [-0.2, -0.15) is 15.1 Å². The molecule has 3 aromatic carbocycles. The number of nitrogens with zero attached hydrogens (tertiary/aromatic N) is 4. The Morgan fingerprint density at radius 1 is 1.05 bits per heavy atom. The second kappa shape index (κ2) is 9.14. The number of aromatic nitrogens is 1. The van der Waals surface area contributed by atoms with Gasteiger partial charge in [-0.05, 0) is 43.0 Å². The average molecular weight is 528 g/mol. The second-order valence-electron chi connectivity index (χ2n) is 8.60. The fourth-order valence-corrected chi connectivity index (χ4v) is 5.73. The first-order valence-electron chi connectivity index (χ1n) is 11.5. The highest BCUT2D eigenvalue weighted by atomic mass is 35.5. The van der Waals surface area contributed by atoms with Gasteiger partial charge >= 0.3 is 0 Å². The predicted molar refractivity (Wildman–Crippen MR) is 148 cm³/mol. The van der Waals surface area contributed by atoms with E-state index in [1.54, 1.807) is 24.3 Å². The minimum atomic E-state index is -0.510. The normalized spacial score (nSPS) is 16.4. The Kier molecular flexibility index (Phi) is 5.78. The molecular formula is C28H19ClFN5OS. The number of hydrogen-bond donors (Lipinski definition) is 1. The van der Waals surface area contributed by atoms with Gasteiger partial charge in [0, 0.05) is 33.3 Å². The van der Waals surface area contributed by atoms with Gasteiger partial charge in [0.15, 0.2) is 5.84 Å². The van der Waals surface area contributed by atoms with E-state index >= 15 is 0 Å². The molecule has 0 unspecified atom stereocenters. The van der Waals surface area contributed by atoms with E-state index in [1.807, 2.05) is 60.0 Å². The molecule has 1 aromatic heterocycles. The van der Waals surface area contributed by atoms with Crippen LogP contribution in [0.3, 0.4) is 0 Å². The van der Waals surface area contributed by atoms with Crippen molar-refractivity contribution in [3.63, 3.8) is 0 Å². The van der Waals surface area contributed by atoms with Crippen molar-refractivity contribution in [3.05, 3.63) is 112 Å². The number of nitrogens with one attached hydrogen (secondary N) is 1. The minimum Gasteiger partial charge on any atom is -0.340 e. The van der Waals surface area contributed by atoms with E-state index in [0.717, 1.165) is 22.2 Å². The third-order valence-electron chi connectivity index (χ3n) is 6.41. The van der Waals surface area contributed by atoms with Crippen LogP contribution in [0.1, 0.15) is 22.4 Å². The fraction of sp³-hybridized carbons (Fsp3) is 0.0714. The maximum absolute atomic E-state index is 14.5. The van der Waals surface area contributed by atoms with E-state index in [9.17, 15) is 9.18 Å². The van der Waals surface area contributed by atoms with Crippen LogP contribution in [0.15, 0.2) is 88.5 Å². The highest BCUT2D eigenvalue weighted by Crippen LogP contribution is 2.35. The zero-order valence-corrected chi connectivity index (χ0v) is 21.1. The number of carbonyl (C=O) groups is 1. The second-order valence-corrected chi connectivity index (χ2v) is 9.96. The van der Waals surface area contributed by atoms with Crippen LogP contribution in [0.4, 0.5) is 4.39 Å². The van der Waals surface area contributed by atoms with Crippen LogP contribution in [0.2, 0.25) is 5.02 Å². The van der Waals surface area contributed by atoms with E-state index < -0.39 is 5.91 Å². The molecule has 2 aliphatic heterocycles. The molecule has 4 aromatic rings. The van der Waals surface area contributed by atoms with Gasteiger partial charge in [0.25, 0.3) is 5.91 Å². The van der Waals surface area contributed by atoms with Gasteiger partial charge in [0.05, 0.1) is 17.1 Å². The summed E-state index contributed by atoms with van der Waals surface area (Å²) in [4.78, 5) is 17.3. The number of benzene rings is 3. The van der Waals surface area contributed by atoms with E-state index in [-0.39, 0.29) is 17.2 Å². The maximum Gasteiger partial charge on any atom is 0.283 e. The Hall–Kier alpha value is -4.01. The van der Waals surface area contributed by atoms with Gasteiger partial charge < -0.3 is 4.57 Å². The third kappa shape index (κ3) is 3.98. The molecule has 6 rings (SSSR count). The van der Waals surface area contributed by atoms with Crippen LogP contribution in [0.5, 0.6) is 0 Å². The molecule has 1 amide bonds. The molecule has 6 nitrogen and oxygen atoms in total. The molecule has 1 N–H and O–H groups in total. The van der Waals surface area contributed by atoms with E-state index in [0.29, 0.717) is 32.9 Å². The highest BCUT2D eigenvalue weighted by molar-refractivity contribution is 8.27. The van der Waals surface area contributed by atoms with Crippen molar-refractivity contribution in [1.82, 2.24) is 9.58 Å². The lowest BCUT2D eigenvalue weighted by atomic mass is 10.1. The molecule has 182 valence electrons.